The molecule has 0 spiro atoms. The number of aromatic nitrogens is 1. The summed E-state index contributed by atoms with van der Waals surface area (Å²) in [5.74, 6) is -1.21. The molecule has 0 bridgehead atoms. The van der Waals surface area contributed by atoms with Gasteiger partial charge in [-0.05, 0) is 19.1 Å². The second-order valence-corrected chi connectivity index (χ2v) is 10.8. The molecule has 2 aromatic rings. The first kappa shape index (κ1) is 21.5. The molecule has 32 heavy (non-hydrogen) atoms. The number of esters is 1. The van der Waals surface area contributed by atoms with Crippen LogP contribution in [-0.2, 0) is 14.3 Å². The van der Waals surface area contributed by atoms with E-state index in [0.717, 1.165) is 28.6 Å². The summed E-state index contributed by atoms with van der Waals surface area (Å²) in [4.78, 5) is 35.0. The number of thiazole rings is 1. The van der Waals surface area contributed by atoms with E-state index in [2.05, 4.69) is 17.5 Å². The average molecular weight is 472 g/mol. The van der Waals surface area contributed by atoms with Gasteiger partial charge in [-0.2, -0.15) is 0 Å². The third-order valence-electron chi connectivity index (χ3n) is 6.33. The van der Waals surface area contributed by atoms with Crippen LogP contribution in [0.3, 0.4) is 0 Å². The minimum Gasteiger partial charge on any atom is -0.457 e. The van der Waals surface area contributed by atoms with E-state index in [1.807, 2.05) is 25.1 Å². The molecule has 2 fully saturated rings. The fourth-order valence-corrected chi connectivity index (χ4v) is 7.22. The second kappa shape index (κ2) is 8.20. The number of para-hydroxylation sites is 1. The van der Waals surface area contributed by atoms with Crippen LogP contribution in [-0.4, -0.2) is 64.0 Å². The van der Waals surface area contributed by atoms with Crippen molar-refractivity contribution in [2.24, 2.45) is 11.8 Å². The molecule has 1 aromatic carbocycles. The van der Waals surface area contributed by atoms with Crippen LogP contribution in [0.25, 0.3) is 10.2 Å². The highest BCUT2D eigenvalue weighted by Gasteiger charge is 2.60. The summed E-state index contributed by atoms with van der Waals surface area (Å²) in [5.41, 5.74) is 1.35. The Balaban J connectivity index is 1.34. The van der Waals surface area contributed by atoms with Gasteiger partial charge in [0.05, 0.1) is 28.3 Å². The summed E-state index contributed by atoms with van der Waals surface area (Å²) in [6, 6.07) is 7.91. The van der Waals surface area contributed by atoms with Crippen molar-refractivity contribution in [3.8, 4) is 0 Å². The van der Waals surface area contributed by atoms with Crippen LogP contribution in [0, 0.1) is 11.8 Å². The molecule has 0 unspecified atom stereocenters. The van der Waals surface area contributed by atoms with Crippen LogP contribution < -0.4 is 4.90 Å². The number of fused-ring (bicyclic) bond motifs is 2. The Bertz CT molecular complexity index is 1090. The predicted molar refractivity (Wildman–Crippen MR) is 126 cm³/mol. The minimum atomic E-state index is -0.751. The van der Waals surface area contributed by atoms with Crippen molar-refractivity contribution in [1.29, 1.82) is 0 Å². The summed E-state index contributed by atoms with van der Waals surface area (Å²) < 4.78 is 6.48. The molecule has 5 rings (SSSR count). The van der Waals surface area contributed by atoms with Crippen molar-refractivity contribution in [3.63, 3.8) is 0 Å². The van der Waals surface area contributed by atoms with Gasteiger partial charge in [0, 0.05) is 29.2 Å². The van der Waals surface area contributed by atoms with Gasteiger partial charge in [0.25, 0.3) is 0 Å². The number of thioether (sulfide) groups is 1. The summed E-state index contributed by atoms with van der Waals surface area (Å²) in [6.45, 7) is 9.00. The third-order valence-corrected chi connectivity index (χ3v) is 8.88. The number of amides is 1. The third kappa shape index (κ3) is 3.34. The monoisotopic (exact) mass is 471 g/mol. The van der Waals surface area contributed by atoms with Gasteiger partial charge in [-0.1, -0.05) is 43.0 Å². The van der Waals surface area contributed by atoms with E-state index in [-0.39, 0.29) is 24.5 Å². The number of anilines is 1. The first-order chi connectivity index (χ1) is 15.4. The number of carbonyl (C=O) groups is 2. The van der Waals surface area contributed by atoms with Gasteiger partial charge in [0.15, 0.2) is 5.13 Å². The SMILES string of the molecule is C=CCOC(=O)C1=C(SC2CN(c3nc4ccccc4s3)C2)[C@H](C)[C@@H]2[C@@H]([C@@H](C)O)C(=O)N12. The molecular formula is C23H25N3O4S2. The summed E-state index contributed by atoms with van der Waals surface area (Å²) in [7, 11) is 0. The highest BCUT2D eigenvalue weighted by atomic mass is 32.2. The van der Waals surface area contributed by atoms with Crippen molar-refractivity contribution >= 4 is 50.3 Å². The molecule has 0 aliphatic carbocycles. The quantitative estimate of drug-likeness (QED) is 0.378. The zero-order valence-electron chi connectivity index (χ0n) is 17.9. The van der Waals surface area contributed by atoms with Gasteiger partial charge in [-0.25, -0.2) is 9.78 Å². The molecule has 3 aliphatic rings. The Hall–Kier alpha value is -2.36. The summed E-state index contributed by atoms with van der Waals surface area (Å²) in [5, 5.41) is 11.4. The number of aliphatic hydroxyl groups excluding tert-OH is 1. The maximum Gasteiger partial charge on any atom is 0.356 e. The number of aliphatic hydroxyl groups is 1. The van der Waals surface area contributed by atoms with Gasteiger partial charge in [-0.15, -0.1) is 11.8 Å². The first-order valence-electron chi connectivity index (χ1n) is 10.7. The molecule has 3 aliphatic heterocycles. The molecule has 0 saturated carbocycles. The highest BCUT2D eigenvalue weighted by molar-refractivity contribution is 8.03. The first-order valence-corrected chi connectivity index (χ1v) is 12.4. The number of carbonyl (C=O) groups excluding carboxylic acids is 2. The van der Waals surface area contributed by atoms with Crippen LogP contribution in [0.2, 0.25) is 0 Å². The maximum absolute atomic E-state index is 12.8. The zero-order valence-corrected chi connectivity index (χ0v) is 19.6. The Kier molecular flexibility index (Phi) is 5.51. The number of ether oxygens (including phenoxy) is 1. The van der Waals surface area contributed by atoms with E-state index in [4.69, 9.17) is 9.72 Å². The Morgan fingerprint density at radius 3 is 2.88 bits per heavy atom. The lowest BCUT2D eigenvalue weighted by atomic mass is 9.79. The largest absolute Gasteiger partial charge is 0.457 e. The van der Waals surface area contributed by atoms with E-state index in [1.54, 1.807) is 34.9 Å². The van der Waals surface area contributed by atoms with Crippen molar-refractivity contribution in [2.75, 3.05) is 24.6 Å². The Morgan fingerprint density at radius 2 is 2.19 bits per heavy atom. The van der Waals surface area contributed by atoms with Crippen LogP contribution in [0.4, 0.5) is 5.13 Å². The van der Waals surface area contributed by atoms with Crippen molar-refractivity contribution in [1.82, 2.24) is 9.88 Å². The van der Waals surface area contributed by atoms with Gasteiger partial charge in [0.2, 0.25) is 5.91 Å². The average Bonchev–Trinajstić information content (AvgIpc) is 3.25. The summed E-state index contributed by atoms with van der Waals surface area (Å²) >= 11 is 3.34. The maximum atomic E-state index is 12.8. The Morgan fingerprint density at radius 1 is 1.44 bits per heavy atom. The van der Waals surface area contributed by atoms with Crippen molar-refractivity contribution in [3.05, 3.63) is 47.5 Å². The molecule has 0 radical (unpaired) electrons. The van der Waals surface area contributed by atoms with Gasteiger partial charge in [-0.3, -0.25) is 4.79 Å². The van der Waals surface area contributed by atoms with Crippen LogP contribution in [0.15, 0.2) is 47.5 Å². The fraction of sp³-hybridized carbons (Fsp3) is 0.435. The number of hydrogen-bond donors (Lipinski definition) is 1. The highest BCUT2D eigenvalue weighted by Crippen LogP contribution is 2.52. The lowest BCUT2D eigenvalue weighted by Gasteiger charge is -2.46. The molecule has 168 valence electrons. The van der Waals surface area contributed by atoms with Crippen molar-refractivity contribution < 1.29 is 19.4 Å². The molecule has 9 heteroatoms. The number of nitrogens with zero attached hydrogens (tertiary/aromatic N) is 3. The van der Waals surface area contributed by atoms with Gasteiger partial charge < -0.3 is 19.6 Å². The minimum absolute atomic E-state index is 0.0277. The topological polar surface area (TPSA) is 83.0 Å². The molecule has 2 saturated heterocycles. The normalized spacial score (nSPS) is 26.1. The lowest BCUT2D eigenvalue weighted by molar-refractivity contribution is -0.164. The van der Waals surface area contributed by atoms with Gasteiger partial charge >= 0.3 is 5.97 Å². The summed E-state index contributed by atoms with van der Waals surface area (Å²) in [6.07, 6.45) is 0.763. The number of benzene rings is 1. The smallest absolute Gasteiger partial charge is 0.356 e. The molecule has 4 atom stereocenters. The van der Waals surface area contributed by atoms with Crippen LogP contribution in [0.1, 0.15) is 13.8 Å². The standard InChI is InChI=1S/C23H25N3O4S2/c1-4-9-30-22(29)19-20(12(2)18-17(13(3)27)21(28)26(18)19)31-14-10-25(11-14)23-24-15-7-5-6-8-16(15)32-23/h4-8,12-14,17-18,27H,1,9-11H2,2-3H3/t12-,13-,17-,18-/m1/s1. The molecule has 1 amide bonds. The van der Waals surface area contributed by atoms with E-state index in [1.165, 1.54) is 10.8 Å². The van der Waals surface area contributed by atoms with Crippen LogP contribution >= 0.6 is 23.1 Å². The molecular weight excluding hydrogens is 446 g/mol. The van der Waals surface area contributed by atoms with E-state index >= 15 is 0 Å². The number of rotatable bonds is 7. The van der Waals surface area contributed by atoms with E-state index < -0.39 is 18.0 Å². The lowest BCUT2D eigenvalue weighted by Crippen LogP contribution is -2.63. The molecule has 1 aromatic heterocycles. The zero-order chi connectivity index (χ0) is 22.6. The van der Waals surface area contributed by atoms with E-state index in [0.29, 0.717) is 10.9 Å². The molecule has 7 nitrogen and oxygen atoms in total. The second-order valence-electron chi connectivity index (χ2n) is 8.46. The molecule has 1 N–H and O–H groups in total. The van der Waals surface area contributed by atoms with E-state index in [9.17, 15) is 14.7 Å². The fourth-order valence-electron chi connectivity index (χ4n) is 4.72. The Labute approximate surface area is 194 Å². The number of β-lactam (4-membered cyclic amide) rings is 1. The molecule has 4 heterocycles. The van der Waals surface area contributed by atoms with Crippen molar-refractivity contribution in [2.45, 2.75) is 31.2 Å². The van der Waals surface area contributed by atoms with Gasteiger partial charge in [0.1, 0.15) is 12.3 Å². The number of hydrogen-bond acceptors (Lipinski definition) is 8. The van der Waals surface area contributed by atoms with Crippen LogP contribution in [0.5, 0.6) is 0 Å². The predicted octanol–water partition coefficient (Wildman–Crippen LogP) is 3.02.